The molecule has 0 spiro atoms. The predicted octanol–water partition coefficient (Wildman–Crippen LogP) is -0.0749. The lowest BCUT2D eigenvalue weighted by Crippen LogP contribution is -2.33. The average molecular weight is 275 g/mol. The van der Waals surface area contributed by atoms with Crippen LogP contribution in [-0.4, -0.2) is 36.8 Å². The van der Waals surface area contributed by atoms with Gasteiger partial charge in [-0.25, -0.2) is 13.2 Å². The minimum Gasteiger partial charge on any atom is -0.481 e. The Bertz CT molecular complexity index is 559. The highest BCUT2D eigenvalue weighted by Gasteiger charge is 2.36. The number of rotatable bonds is 4. The average Bonchev–Trinajstić information content (AvgIpc) is 2.18. The van der Waals surface area contributed by atoms with Gasteiger partial charge in [-0.2, -0.15) is 0 Å². The van der Waals surface area contributed by atoms with E-state index in [-0.39, 0.29) is 17.7 Å². The van der Waals surface area contributed by atoms with Gasteiger partial charge < -0.3 is 10.2 Å². The molecule has 1 aliphatic rings. The van der Waals surface area contributed by atoms with Crippen LogP contribution in [0, 0.1) is 5.41 Å². The Kier molecular flexibility index (Phi) is 3.52. The van der Waals surface area contributed by atoms with Crippen LogP contribution in [0.5, 0.6) is 0 Å². The first-order valence-electron chi connectivity index (χ1n) is 4.93. The molecule has 0 aromatic carbocycles. The van der Waals surface area contributed by atoms with Crippen LogP contribution in [0.4, 0.5) is 0 Å². The number of carboxylic acids is 2. The Morgan fingerprint density at radius 1 is 1.39 bits per heavy atom. The number of sulfonamides is 1. The Hall–Kier alpha value is -1.83. The molecule has 1 aliphatic carbocycles. The second-order valence-corrected chi connectivity index (χ2v) is 6.03. The highest BCUT2D eigenvalue weighted by Crippen LogP contribution is 2.32. The summed E-state index contributed by atoms with van der Waals surface area (Å²) in [6.45, 7) is 1.37. The summed E-state index contributed by atoms with van der Waals surface area (Å²) in [4.78, 5) is 22.1. The zero-order chi connectivity index (χ0) is 14.1. The minimum absolute atomic E-state index is 0.0109. The molecule has 0 heterocycles. The molecule has 0 amide bonds. The zero-order valence-electron chi connectivity index (χ0n) is 9.80. The summed E-state index contributed by atoms with van der Waals surface area (Å²) in [6.07, 6.45) is 3.21. The third kappa shape index (κ3) is 3.10. The first kappa shape index (κ1) is 14.2. The van der Waals surface area contributed by atoms with E-state index in [0.717, 1.165) is 12.3 Å². The molecule has 1 rings (SSSR count). The van der Waals surface area contributed by atoms with Crippen molar-refractivity contribution in [3.05, 3.63) is 23.4 Å². The van der Waals surface area contributed by atoms with Crippen LogP contribution in [0.25, 0.3) is 0 Å². The molecular weight excluding hydrogens is 262 g/mol. The maximum Gasteiger partial charge on any atom is 0.337 e. The van der Waals surface area contributed by atoms with Crippen molar-refractivity contribution in [3.63, 3.8) is 0 Å². The lowest BCUT2D eigenvalue weighted by molar-refractivity contribution is -0.145. The summed E-state index contributed by atoms with van der Waals surface area (Å²) in [5.41, 5.74) is -1.82. The van der Waals surface area contributed by atoms with Gasteiger partial charge in [0.2, 0.25) is 10.0 Å². The molecule has 0 aliphatic heterocycles. The van der Waals surface area contributed by atoms with Crippen molar-refractivity contribution in [2.45, 2.75) is 13.3 Å². The van der Waals surface area contributed by atoms with E-state index in [1.165, 1.54) is 13.0 Å². The molecule has 7 nitrogen and oxygen atoms in total. The number of hydrogen-bond acceptors (Lipinski definition) is 4. The van der Waals surface area contributed by atoms with Gasteiger partial charge in [0.25, 0.3) is 0 Å². The molecule has 100 valence electrons. The van der Waals surface area contributed by atoms with E-state index in [4.69, 9.17) is 10.2 Å². The van der Waals surface area contributed by atoms with Crippen molar-refractivity contribution in [1.29, 1.82) is 0 Å². The molecule has 1 atom stereocenters. The molecule has 0 radical (unpaired) electrons. The van der Waals surface area contributed by atoms with Gasteiger partial charge in [0.05, 0.1) is 22.9 Å². The molecule has 1 unspecified atom stereocenters. The highest BCUT2D eigenvalue weighted by molar-refractivity contribution is 7.88. The number of carboxylic acid groups (broad SMARTS) is 2. The van der Waals surface area contributed by atoms with Crippen molar-refractivity contribution >= 4 is 22.0 Å². The van der Waals surface area contributed by atoms with Gasteiger partial charge in [-0.3, -0.25) is 9.52 Å². The molecule has 0 aromatic heterocycles. The summed E-state index contributed by atoms with van der Waals surface area (Å²) in [7, 11) is -3.62. The van der Waals surface area contributed by atoms with Crippen molar-refractivity contribution in [2.75, 3.05) is 6.26 Å². The van der Waals surface area contributed by atoms with Gasteiger partial charge in [0.1, 0.15) is 0 Å². The van der Waals surface area contributed by atoms with Crippen LogP contribution < -0.4 is 4.72 Å². The second kappa shape index (κ2) is 4.45. The van der Waals surface area contributed by atoms with Crippen molar-refractivity contribution in [1.82, 2.24) is 4.72 Å². The smallest absolute Gasteiger partial charge is 0.337 e. The van der Waals surface area contributed by atoms with Crippen molar-refractivity contribution in [2.24, 2.45) is 5.41 Å². The Morgan fingerprint density at radius 3 is 2.33 bits per heavy atom. The molecular formula is C10H13NO6S. The molecule has 0 fully saturated rings. The fourth-order valence-electron chi connectivity index (χ4n) is 1.50. The molecule has 3 N–H and O–H groups in total. The third-order valence-electron chi connectivity index (χ3n) is 2.50. The second-order valence-electron chi connectivity index (χ2n) is 4.28. The van der Waals surface area contributed by atoms with Crippen molar-refractivity contribution < 1.29 is 28.2 Å². The molecule has 0 saturated heterocycles. The van der Waals surface area contributed by atoms with E-state index >= 15 is 0 Å². The normalized spacial score (nSPS) is 23.9. The van der Waals surface area contributed by atoms with Crippen LogP contribution in [0.3, 0.4) is 0 Å². The largest absolute Gasteiger partial charge is 0.481 e. The van der Waals surface area contributed by atoms with E-state index in [0.29, 0.717) is 0 Å². The fourth-order valence-corrected chi connectivity index (χ4v) is 2.09. The van der Waals surface area contributed by atoms with Crippen LogP contribution in [-0.2, 0) is 19.6 Å². The quantitative estimate of drug-likeness (QED) is 0.660. The highest BCUT2D eigenvalue weighted by atomic mass is 32.2. The first-order valence-corrected chi connectivity index (χ1v) is 6.82. The van der Waals surface area contributed by atoms with Gasteiger partial charge in [-0.15, -0.1) is 0 Å². The molecule has 0 bridgehead atoms. The van der Waals surface area contributed by atoms with E-state index in [9.17, 15) is 18.0 Å². The van der Waals surface area contributed by atoms with Gasteiger partial charge >= 0.3 is 11.9 Å². The number of nitrogens with one attached hydrogen (secondary N) is 1. The van der Waals surface area contributed by atoms with Gasteiger partial charge in [0.15, 0.2) is 0 Å². The number of aliphatic carboxylic acids is 2. The minimum atomic E-state index is -3.62. The number of carbonyl (C=O) groups is 2. The lowest BCUT2D eigenvalue weighted by Gasteiger charge is -2.25. The number of allylic oxidation sites excluding steroid dienone is 1. The lowest BCUT2D eigenvalue weighted by atomic mass is 9.80. The van der Waals surface area contributed by atoms with Crippen LogP contribution >= 0.6 is 0 Å². The van der Waals surface area contributed by atoms with Crippen molar-refractivity contribution in [3.8, 4) is 0 Å². The van der Waals surface area contributed by atoms with Gasteiger partial charge in [-0.1, -0.05) is 12.2 Å². The van der Waals surface area contributed by atoms with Crippen LogP contribution in [0.1, 0.15) is 13.3 Å². The zero-order valence-corrected chi connectivity index (χ0v) is 10.6. The maximum atomic E-state index is 11.1. The third-order valence-corrected chi connectivity index (χ3v) is 3.09. The fraction of sp³-hybridized carbons (Fsp3) is 0.400. The van der Waals surface area contributed by atoms with Gasteiger partial charge in [-0.05, 0) is 13.3 Å². The Morgan fingerprint density at radius 2 is 1.94 bits per heavy atom. The number of hydrogen-bond donors (Lipinski definition) is 3. The Balaban J connectivity index is 3.20. The standard InChI is InChI=1S/C10H13NO6S/c1-10(9(14)15)4-3-7(11-18(2,16)17)6(5-10)8(12)13/h3,5,11H,4H2,1-2H3,(H,12,13)(H,14,15). The van der Waals surface area contributed by atoms with E-state index in [1.54, 1.807) is 0 Å². The summed E-state index contributed by atoms with van der Waals surface area (Å²) in [6, 6.07) is 0. The molecule has 8 heteroatoms. The van der Waals surface area contributed by atoms with E-state index in [1.807, 2.05) is 0 Å². The first-order chi connectivity index (χ1) is 8.05. The topological polar surface area (TPSA) is 121 Å². The molecule has 0 saturated carbocycles. The van der Waals surface area contributed by atoms with E-state index in [2.05, 4.69) is 4.72 Å². The summed E-state index contributed by atoms with van der Waals surface area (Å²) in [5.74, 6) is -2.56. The molecule has 0 aromatic rings. The summed E-state index contributed by atoms with van der Waals surface area (Å²) >= 11 is 0. The van der Waals surface area contributed by atoms with Gasteiger partial charge in [0, 0.05) is 0 Å². The SMILES string of the molecule is CC1(C(=O)O)C=C(C(=O)O)C(NS(C)(=O)=O)=CC1. The molecule has 18 heavy (non-hydrogen) atoms. The van der Waals surface area contributed by atoms with Crippen LogP contribution in [0.2, 0.25) is 0 Å². The maximum absolute atomic E-state index is 11.1. The summed E-state index contributed by atoms with van der Waals surface area (Å²) < 4.78 is 24.2. The monoisotopic (exact) mass is 275 g/mol. The Labute approximate surface area is 104 Å². The van der Waals surface area contributed by atoms with Crippen LogP contribution in [0.15, 0.2) is 23.4 Å². The predicted molar refractivity (Wildman–Crippen MR) is 62.1 cm³/mol. The van der Waals surface area contributed by atoms with E-state index < -0.39 is 27.4 Å². The summed E-state index contributed by atoms with van der Waals surface area (Å²) in [5, 5.41) is 18.0.